The highest BCUT2D eigenvalue weighted by atomic mass is 79.9. The third kappa shape index (κ3) is 4.89. The molecule has 1 aromatic heterocycles. The first-order chi connectivity index (χ1) is 8.52. The minimum Gasteiger partial charge on any atom is -0.386 e. The molecule has 0 radical (unpaired) electrons. The average molecular weight is 316 g/mol. The average Bonchev–Trinajstić information content (AvgIpc) is 2.75. The summed E-state index contributed by atoms with van der Waals surface area (Å²) >= 11 is 3.25. The van der Waals surface area contributed by atoms with Crippen molar-refractivity contribution in [2.45, 2.75) is 6.10 Å². The zero-order valence-electron chi connectivity index (χ0n) is 10.5. The van der Waals surface area contributed by atoms with Gasteiger partial charge in [-0.15, -0.1) is 0 Å². The van der Waals surface area contributed by atoms with Crippen molar-refractivity contribution in [2.24, 2.45) is 12.0 Å². The van der Waals surface area contributed by atoms with Crippen molar-refractivity contribution < 1.29 is 5.11 Å². The summed E-state index contributed by atoms with van der Waals surface area (Å²) in [6, 6.07) is 0. The van der Waals surface area contributed by atoms with Gasteiger partial charge in [-0.25, -0.2) is 0 Å². The van der Waals surface area contributed by atoms with Gasteiger partial charge in [-0.2, -0.15) is 5.10 Å². The van der Waals surface area contributed by atoms with Crippen LogP contribution in [0.1, 0.15) is 11.7 Å². The van der Waals surface area contributed by atoms with Gasteiger partial charge in [-0.05, 0) is 0 Å². The number of guanidine groups is 1. The van der Waals surface area contributed by atoms with Crippen LogP contribution in [-0.2, 0) is 7.05 Å². The van der Waals surface area contributed by atoms with Crippen LogP contribution in [0.3, 0.4) is 0 Å². The van der Waals surface area contributed by atoms with Crippen LogP contribution in [0.4, 0.5) is 0 Å². The topological polar surface area (TPSA) is 74.5 Å². The molecular formula is C11H18BrN5O. The highest BCUT2D eigenvalue weighted by molar-refractivity contribution is 9.11. The first-order valence-electron chi connectivity index (χ1n) is 5.47. The Morgan fingerprint density at radius 1 is 1.67 bits per heavy atom. The SMILES string of the molecule is C=C(Br)CNC(=NC)NCC(O)c1cnn(C)c1. The van der Waals surface area contributed by atoms with E-state index < -0.39 is 6.10 Å². The summed E-state index contributed by atoms with van der Waals surface area (Å²) in [5.74, 6) is 0.610. The molecule has 0 aliphatic rings. The Balaban J connectivity index is 2.41. The second kappa shape index (κ2) is 7.17. The molecule has 18 heavy (non-hydrogen) atoms. The van der Waals surface area contributed by atoms with Gasteiger partial charge in [-0.1, -0.05) is 22.5 Å². The van der Waals surface area contributed by atoms with Crippen LogP contribution in [0.5, 0.6) is 0 Å². The third-order valence-corrected chi connectivity index (χ3v) is 2.52. The maximum atomic E-state index is 9.93. The smallest absolute Gasteiger partial charge is 0.191 e. The zero-order chi connectivity index (χ0) is 13.5. The maximum absolute atomic E-state index is 9.93. The van der Waals surface area contributed by atoms with E-state index in [2.05, 4.69) is 43.2 Å². The minimum absolute atomic E-state index is 0.361. The van der Waals surface area contributed by atoms with Gasteiger partial charge in [0.05, 0.1) is 12.3 Å². The zero-order valence-corrected chi connectivity index (χ0v) is 12.1. The lowest BCUT2D eigenvalue weighted by molar-refractivity contribution is 0.181. The van der Waals surface area contributed by atoms with E-state index in [9.17, 15) is 5.11 Å². The molecule has 0 fully saturated rings. The van der Waals surface area contributed by atoms with Gasteiger partial charge >= 0.3 is 0 Å². The summed E-state index contributed by atoms with van der Waals surface area (Å²) in [7, 11) is 3.48. The lowest BCUT2D eigenvalue weighted by Crippen LogP contribution is -2.39. The first kappa shape index (κ1) is 14.7. The highest BCUT2D eigenvalue weighted by Crippen LogP contribution is 2.09. The van der Waals surface area contributed by atoms with Crippen LogP contribution in [-0.4, -0.2) is 41.0 Å². The second-order valence-electron chi connectivity index (χ2n) is 3.79. The van der Waals surface area contributed by atoms with E-state index in [4.69, 9.17) is 0 Å². The van der Waals surface area contributed by atoms with E-state index in [1.807, 2.05) is 7.05 Å². The molecular weight excluding hydrogens is 298 g/mol. The molecule has 1 unspecified atom stereocenters. The second-order valence-corrected chi connectivity index (χ2v) is 4.91. The molecule has 1 atom stereocenters. The van der Waals surface area contributed by atoms with Crippen LogP contribution in [0.2, 0.25) is 0 Å². The van der Waals surface area contributed by atoms with Crippen LogP contribution < -0.4 is 10.6 Å². The van der Waals surface area contributed by atoms with E-state index in [-0.39, 0.29) is 0 Å². The minimum atomic E-state index is -0.621. The predicted molar refractivity (Wildman–Crippen MR) is 75.6 cm³/mol. The maximum Gasteiger partial charge on any atom is 0.191 e. The Labute approximate surface area is 115 Å². The van der Waals surface area contributed by atoms with Crippen LogP contribution >= 0.6 is 15.9 Å². The number of rotatable bonds is 5. The van der Waals surface area contributed by atoms with Crippen LogP contribution in [0.15, 0.2) is 28.4 Å². The quantitative estimate of drug-likeness (QED) is 0.547. The third-order valence-electron chi connectivity index (χ3n) is 2.24. The van der Waals surface area contributed by atoms with Gasteiger partial charge in [0.15, 0.2) is 5.96 Å². The molecule has 1 heterocycles. The lowest BCUT2D eigenvalue weighted by Gasteiger charge is -2.14. The van der Waals surface area contributed by atoms with Crippen molar-refractivity contribution in [1.82, 2.24) is 20.4 Å². The Bertz CT molecular complexity index is 429. The molecule has 0 saturated carbocycles. The molecule has 0 aliphatic carbocycles. The van der Waals surface area contributed by atoms with Gasteiger partial charge in [0.1, 0.15) is 0 Å². The van der Waals surface area contributed by atoms with Crippen molar-refractivity contribution >= 4 is 21.9 Å². The fourth-order valence-electron chi connectivity index (χ4n) is 1.32. The molecule has 0 saturated heterocycles. The van der Waals surface area contributed by atoms with Crippen molar-refractivity contribution in [2.75, 3.05) is 20.1 Å². The molecule has 0 aliphatic heterocycles. The molecule has 1 aromatic rings. The molecule has 0 amide bonds. The Morgan fingerprint density at radius 3 is 2.89 bits per heavy atom. The van der Waals surface area contributed by atoms with Crippen LogP contribution in [0.25, 0.3) is 0 Å². The van der Waals surface area contributed by atoms with E-state index in [0.29, 0.717) is 19.0 Å². The fourth-order valence-corrected chi connectivity index (χ4v) is 1.46. The monoisotopic (exact) mass is 315 g/mol. The number of hydrogen-bond acceptors (Lipinski definition) is 3. The standard InChI is InChI=1S/C11H18BrN5O/c1-8(12)4-14-11(13-2)15-6-10(18)9-5-16-17(3)7-9/h5,7,10,18H,1,4,6H2,2-3H3,(H2,13,14,15). The Kier molecular flexibility index (Phi) is 5.87. The number of aliphatic hydroxyl groups excluding tert-OH is 1. The number of aliphatic hydroxyl groups is 1. The molecule has 0 bridgehead atoms. The number of nitrogens with zero attached hydrogens (tertiary/aromatic N) is 3. The predicted octanol–water partition coefficient (Wildman–Crippen LogP) is 0.527. The molecule has 0 spiro atoms. The van der Waals surface area contributed by atoms with Crippen molar-refractivity contribution in [1.29, 1.82) is 0 Å². The van der Waals surface area contributed by atoms with Crippen LogP contribution in [0, 0.1) is 0 Å². The molecule has 6 nitrogen and oxygen atoms in total. The fraction of sp³-hybridized carbons (Fsp3) is 0.455. The molecule has 3 N–H and O–H groups in total. The van der Waals surface area contributed by atoms with E-state index in [1.165, 1.54) is 0 Å². The number of aliphatic imine (C=N–C) groups is 1. The Morgan fingerprint density at radius 2 is 2.39 bits per heavy atom. The number of hydrogen-bond donors (Lipinski definition) is 3. The number of nitrogens with one attached hydrogen (secondary N) is 2. The summed E-state index contributed by atoms with van der Waals surface area (Å²) in [4.78, 5) is 4.03. The summed E-state index contributed by atoms with van der Waals surface area (Å²) < 4.78 is 2.48. The summed E-state index contributed by atoms with van der Waals surface area (Å²) in [6.45, 7) is 4.65. The van der Waals surface area contributed by atoms with Gasteiger partial charge in [0.25, 0.3) is 0 Å². The number of aromatic nitrogens is 2. The van der Waals surface area contributed by atoms with Crippen molar-refractivity contribution in [3.05, 3.63) is 29.0 Å². The number of aryl methyl sites for hydroxylation is 1. The Hall–Kier alpha value is -1.34. The lowest BCUT2D eigenvalue weighted by atomic mass is 10.2. The summed E-state index contributed by atoms with van der Waals surface area (Å²) in [5.41, 5.74) is 0.769. The highest BCUT2D eigenvalue weighted by Gasteiger charge is 2.10. The molecule has 0 aromatic carbocycles. The number of halogens is 1. The largest absolute Gasteiger partial charge is 0.386 e. The van der Waals surface area contributed by atoms with Crippen molar-refractivity contribution in [3.63, 3.8) is 0 Å². The normalized spacial score (nSPS) is 13.2. The van der Waals surface area contributed by atoms with E-state index in [1.54, 1.807) is 24.1 Å². The molecule has 1 rings (SSSR count). The van der Waals surface area contributed by atoms with E-state index in [0.717, 1.165) is 10.0 Å². The van der Waals surface area contributed by atoms with Gasteiger partial charge in [0.2, 0.25) is 0 Å². The summed E-state index contributed by atoms with van der Waals surface area (Å²) in [6.07, 6.45) is 2.80. The van der Waals surface area contributed by atoms with E-state index >= 15 is 0 Å². The van der Waals surface area contributed by atoms with Crippen molar-refractivity contribution in [3.8, 4) is 0 Å². The van der Waals surface area contributed by atoms with Gasteiger partial charge in [0, 0.05) is 43.4 Å². The summed E-state index contributed by atoms with van der Waals surface area (Å²) in [5, 5.41) is 20.0. The molecule has 7 heteroatoms. The van der Waals surface area contributed by atoms with Gasteiger partial charge < -0.3 is 15.7 Å². The first-order valence-corrected chi connectivity index (χ1v) is 6.26. The van der Waals surface area contributed by atoms with Gasteiger partial charge in [-0.3, -0.25) is 9.67 Å². The molecule has 100 valence electrons.